The highest BCUT2D eigenvalue weighted by Gasteiger charge is 2.14. The predicted octanol–water partition coefficient (Wildman–Crippen LogP) is 2.87. The Hall–Kier alpha value is -2.30. The summed E-state index contributed by atoms with van der Waals surface area (Å²) in [6, 6.07) is 9.15. The molecule has 2 aromatic rings. The van der Waals surface area contributed by atoms with Crippen LogP contribution < -0.4 is 10.1 Å². The molecule has 0 aliphatic heterocycles. The van der Waals surface area contributed by atoms with Gasteiger partial charge in [-0.25, -0.2) is 0 Å². The lowest BCUT2D eigenvalue weighted by molar-refractivity contribution is 0.0930. The van der Waals surface area contributed by atoms with Crippen molar-refractivity contribution < 1.29 is 14.1 Å². The number of hydrogen-bond donors (Lipinski definition) is 1. The number of nitrogens with zero attached hydrogens (tertiary/aromatic N) is 1. The van der Waals surface area contributed by atoms with Crippen molar-refractivity contribution in [3.63, 3.8) is 0 Å². The molecule has 1 aromatic heterocycles. The van der Waals surface area contributed by atoms with Gasteiger partial charge in [0.05, 0.1) is 12.6 Å². The van der Waals surface area contributed by atoms with Crippen LogP contribution in [0.5, 0.6) is 5.75 Å². The van der Waals surface area contributed by atoms with E-state index in [1.807, 2.05) is 38.1 Å². The van der Waals surface area contributed by atoms with E-state index in [1.54, 1.807) is 13.0 Å². The van der Waals surface area contributed by atoms with Gasteiger partial charge in [-0.15, -0.1) is 0 Å². The number of hydrogen-bond acceptors (Lipinski definition) is 4. The first kappa shape index (κ1) is 14.1. The summed E-state index contributed by atoms with van der Waals surface area (Å²) in [5.74, 6) is 1.19. The van der Waals surface area contributed by atoms with E-state index in [9.17, 15) is 4.79 Å². The predicted molar refractivity (Wildman–Crippen MR) is 74.7 cm³/mol. The molecule has 0 saturated carbocycles. The zero-order chi connectivity index (χ0) is 14.5. The number of carbonyl (C=O) groups is 1. The van der Waals surface area contributed by atoms with Crippen LogP contribution in [0.25, 0.3) is 0 Å². The van der Waals surface area contributed by atoms with E-state index in [0.717, 1.165) is 11.3 Å². The molecule has 0 spiro atoms. The number of benzene rings is 1. The summed E-state index contributed by atoms with van der Waals surface area (Å²) in [5, 5.41) is 6.57. The van der Waals surface area contributed by atoms with Gasteiger partial charge in [0, 0.05) is 6.07 Å². The van der Waals surface area contributed by atoms with E-state index in [4.69, 9.17) is 9.26 Å². The average molecular weight is 274 g/mol. The minimum Gasteiger partial charge on any atom is -0.494 e. The molecule has 2 rings (SSSR count). The third-order valence-electron chi connectivity index (χ3n) is 2.90. The van der Waals surface area contributed by atoms with Gasteiger partial charge in [-0.2, -0.15) is 0 Å². The fraction of sp³-hybridized carbons (Fsp3) is 0.333. The summed E-state index contributed by atoms with van der Waals surface area (Å²) in [6.07, 6.45) is 0. The number of nitrogens with one attached hydrogen (secondary N) is 1. The van der Waals surface area contributed by atoms with E-state index in [-0.39, 0.29) is 11.9 Å². The molecule has 0 aliphatic carbocycles. The maximum absolute atomic E-state index is 12.0. The first-order chi connectivity index (χ1) is 9.60. The first-order valence-corrected chi connectivity index (χ1v) is 6.57. The quantitative estimate of drug-likeness (QED) is 0.910. The largest absolute Gasteiger partial charge is 0.494 e. The van der Waals surface area contributed by atoms with Crippen LogP contribution in [0.4, 0.5) is 0 Å². The van der Waals surface area contributed by atoms with Gasteiger partial charge in [-0.05, 0) is 38.5 Å². The number of aromatic nitrogens is 1. The SMILES string of the molecule is CCOc1ccc(C(C)NC(=O)c2cc(C)on2)cc1. The van der Waals surface area contributed by atoms with Crippen molar-refractivity contribution in [3.05, 3.63) is 47.3 Å². The Morgan fingerprint density at radius 2 is 2.10 bits per heavy atom. The topological polar surface area (TPSA) is 64.4 Å². The molecule has 20 heavy (non-hydrogen) atoms. The molecule has 1 heterocycles. The zero-order valence-corrected chi connectivity index (χ0v) is 11.8. The van der Waals surface area contributed by atoms with Gasteiger partial charge < -0.3 is 14.6 Å². The molecule has 0 fully saturated rings. The Bertz CT molecular complexity index is 575. The number of carbonyl (C=O) groups excluding carboxylic acids is 1. The molecular formula is C15H18N2O3. The zero-order valence-electron chi connectivity index (χ0n) is 11.8. The highest BCUT2D eigenvalue weighted by Crippen LogP contribution is 2.18. The lowest BCUT2D eigenvalue weighted by Crippen LogP contribution is -2.26. The number of ether oxygens (including phenoxy) is 1. The maximum Gasteiger partial charge on any atom is 0.273 e. The van der Waals surface area contributed by atoms with Crippen LogP contribution in [0, 0.1) is 6.92 Å². The molecule has 0 saturated heterocycles. The molecule has 1 unspecified atom stereocenters. The van der Waals surface area contributed by atoms with Crippen LogP contribution in [0.1, 0.15) is 41.7 Å². The van der Waals surface area contributed by atoms with Crippen LogP contribution in [0.2, 0.25) is 0 Å². The Balaban J connectivity index is 2.00. The lowest BCUT2D eigenvalue weighted by atomic mass is 10.1. The molecule has 1 atom stereocenters. The molecule has 0 radical (unpaired) electrons. The second-order valence-corrected chi connectivity index (χ2v) is 4.52. The molecule has 1 amide bonds. The molecule has 5 heteroatoms. The third kappa shape index (κ3) is 3.38. The first-order valence-electron chi connectivity index (χ1n) is 6.57. The third-order valence-corrected chi connectivity index (χ3v) is 2.90. The highest BCUT2D eigenvalue weighted by molar-refractivity contribution is 5.92. The summed E-state index contributed by atoms with van der Waals surface area (Å²) >= 11 is 0. The van der Waals surface area contributed by atoms with Gasteiger partial charge in [-0.1, -0.05) is 17.3 Å². The van der Waals surface area contributed by atoms with Crippen LogP contribution in [-0.4, -0.2) is 17.7 Å². The van der Waals surface area contributed by atoms with Gasteiger partial charge in [0.1, 0.15) is 11.5 Å². The fourth-order valence-corrected chi connectivity index (χ4v) is 1.85. The second kappa shape index (κ2) is 6.23. The minimum absolute atomic E-state index is 0.116. The fourth-order valence-electron chi connectivity index (χ4n) is 1.85. The Morgan fingerprint density at radius 3 is 2.65 bits per heavy atom. The van der Waals surface area contributed by atoms with E-state index in [0.29, 0.717) is 18.1 Å². The molecule has 0 bridgehead atoms. The molecule has 5 nitrogen and oxygen atoms in total. The van der Waals surface area contributed by atoms with Crippen molar-refractivity contribution in [2.45, 2.75) is 26.8 Å². The van der Waals surface area contributed by atoms with Gasteiger partial charge >= 0.3 is 0 Å². The van der Waals surface area contributed by atoms with Crippen molar-refractivity contribution in [2.75, 3.05) is 6.61 Å². The van der Waals surface area contributed by atoms with Crippen LogP contribution in [-0.2, 0) is 0 Å². The van der Waals surface area contributed by atoms with Crippen molar-refractivity contribution >= 4 is 5.91 Å². The van der Waals surface area contributed by atoms with Gasteiger partial charge in [0.2, 0.25) is 0 Å². The van der Waals surface area contributed by atoms with Gasteiger partial charge in [0.15, 0.2) is 5.69 Å². The molecule has 106 valence electrons. The van der Waals surface area contributed by atoms with Crippen molar-refractivity contribution in [2.24, 2.45) is 0 Å². The van der Waals surface area contributed by atoms with Crippen molar-refractivity contribution in [1.82, 2.24) is 10.5 Å². The summed E-state index contributed by atoms with van der Waals surface area (Å²) < 4.78 is 10.3. The standard InChI is InChI=1S/C15H18N2O3/c1-4-19-13-7-5-12(6-8-13)11(3)16-15(18)14-9-10(2)20-17-14/h5-9,11H,4H2,1-3H3,(H,16,18). The van der Waals surface area contributed by atoms with E-state index < -0.39 is 0 Å². The molecular weight excluding hydrogens is 256 g/mol. The average Bonchev–Trinajstić information content (AvgIpc) is 2.86. The van der Waals surface area contributed by atoms with Crippen molar-refractivity contribution in [1.29, 1.82) is 0 Å². The number of aryl methyl sites for hydroxylation is 1. The van der Waals surface area contributed by atoms with Crippen LogP contribution in [0.3, 0.4) is 0 Å². The van der Waals surface area contributed by atoms with Gasteiger partial charge in [0.25, 0.3) is 5.91 Å². The Morgan fingerprint density at radius 1 is 1.40 bits per heavy atom. The number of rotatable bonds is 5. The van der Waals surface area contributed by atoms with Gasteiger partial charge in [-0.3, -0.25) is 4.79 Å². The maximum atomic E-state index is 12.0. The summed E-state index contributed by atoms with van der Waals surface area (Å²) in [7, 11) is 0. The normalized spacial score (nSPS) is 11.9. The summed E-state index contributed by atoms with van der Waals surface area (Å²) in [6.45, 7) is 6.24. The van der Waals surface area contributed by atoms with Crippen LogP contribution >= 0.6 is 0 Å². The minimum atomic E-state index is -0.247. The lowest BCUT2D eigenvalue weighted by Gasteiger charge is -2.13. The van der Waals surface area contributed by atoms with E-state index in [2.05, 4.69) is 10.5 Å². The molecule has 1 N–H and O–H groups in total. The van der Waals surface area contributed by atoms with Crippen molar-refractivity contribution in [3.8, 4) is 5.75 Å². The Kier molecular flexibility index (Phi) is 4.40. The summed E-state index contributed by atoms with van der Waals surface area (Å²) in [4.78, 5) is 12.0. The smallest absolute Gasteiger partial charge is 0.273 e. The second-order valence-electron chi connectivity index (χ2n) is 4.52. The Labute approximate surface area is 117 Å². The van der Waals surface area contributed by atoms with E-state index in [1.165, 1.54) is 0 Å². The highest BCUT2D eigenvalue weighted by atomic mass is 16.5. The molecule has 0 aliphatic rings. The monoisotopic (exact) mass is 274 g/mol. The van der Waals surface area contributed by atoms with Crippen LogP contribution in [0.15, 0.2) is 34.9 Å². The number of amides is 1. The summed E-state index contributed by atoms with van der Waals surface area (Å²) in [5.41, 5.74) is 1.29. The van der Waals surface area contributed by atoms with E-state index >= 15 is 0 Å². The molecule has 1 aromatic carbocycles.